The second kappa shape index (κ2) is 10.7. The zero-order valence-electron chi connectivity index (χ0n) is 15.6. The number of carbonyl (C=O) groups is 3. The summed E-state index contributed by atoms with van der Waals surface area (Å²) in [6.07, 6.45) is 1.49. The van der Waals surface area contributed by atoms with Crippen LogP contribution in [0.5, 0.6) is 0 Å². The first-order valence-electron chi connectivity index (χ1n) is 8.55. The molecule has 2 rings (SSSR count). The van der Waals surface area contributed by atoms with Gasteiger partial charge in [-0.2, -0.15) is 0 Å². The predicted molar refractivity (Wildman–Crippen MR) is 108 cm³/mol. The van der Waals surface area contributed by atoms with E-state index in [1.165, 1.54) is 6.07 Å². The van der Waals surface area contributed by atoms with E-state index < -0.39 is 34.5 Å². The molecule has 0 bridgehead atoms. The number of hydrogen-bond acceptors (Lipinski definition) is 7. The zero-order valence-corrected chi connectivity index (χ0v) is 17.3. The Labute approximate surface area is 172 Å². The number of esters is 1. The molecule has 0 atom stereocenters. The molecular weight excluding hydrogens is 418 g/mol. The normalized spacial score (nSPS) is 10.9. The number of imide groups is 1. The number of hydrogen-bond donors (Lipinski definition) is 3. The second-order valence-electron chi connectivity index (χ2n) is 5.98. The Morgan fingerprint density at radius 1 is 1.07 bits per heavy atom. The molecule has 3 N–H and O–H groups in total. The third-order valence-corrected chi connectivity index (χ3v) is 5.34. The van der Waals surface area contributed by atoms with Gasteiger partial charge < -0.3 is 10.1 Å². The van der Waals surface area contributed by atoms with Crippen molar-refractivity contribution in [3.05, 3.63) is 57.8 Å². The fraction of sp³-hybridized carbons (Fsp3) is 0.278. The number of rotatable bonds is 9. The van der Waals surface area contributed by atoms with Crippen LogP contribution in [0.25, 0.3) is 0 Å². The summed E-state index contributed by atoms with van der Waals surface area (Å²) in [6, 6.07) is 11.7. The average molecular weight is 440 g/mol. The van der Waals surface area contributed by atoms with Crippen LogP contribution in [-0.2, 0) is 32.5 Å². The van der Waals surface area contributed by atoms with Gasteiger partial charge in [0.05, 0.1) is 6.26 Å². The van der Waals surface area contributed by atoms with Gasteiger partial charge in [-0.25, -0.2) is 22.7 Å². The molecule has 0 aliphatic carbocycles. The number of benzene rings is 1. The van der Waals surface area contributed by atoms with Crippen molar-refractivity contribution >= 4 is 39.3 Å². The fourth-order valence-corrected chi connectivity index (χ4v) is 3.54. The first-order chi connectivity index (χ1) is 13.7. The van der Waals surface area contributed by atoms with Gasteiger partial charge in [-0.3, -0.25) is 10.1 Å². The maximum atomic E-state index is 12.0. The summed E-state index contributed by atoms with van der Waals surface area (Å²) in [6.45, 7) is -0.124. The number of urea groups is 1. The maximum Gasteiger partial charge on any atom is 0.348 e. The van der Waals surface area contributed by atoms with Crippen LogP contribution < -0.4 is 15.4 Å². The standard InChI is InChI=1S/C18H21N3O6S2/c1-29(25,26)20-10-9-14-7-8-15(28-14)17(23)27-12-16(22)21-18(24)19-11-13-5-3-2-4-6-13/h2-8,20H,9-12H2,1H3,(H2,19,21,22,24). The van der Waals surface area contributed by atoms with E-state index in [4.69, 9.17) is 4.74 Å². The van der Waals surface area contributed by atoms with Crippen molar-refractivity contribution in [1.82, 2.24) is 15.4 Å². The van der Waals surface area contributed by atoms with Gasteiger partial charge >= 0.3 is 12.0 Å². The largest absolute Gasteiger partial charge is 0.451 e. The van der Waals surface area contributed by atoms with Gasteiger partial charge in [0.15, 0.2) is 6.61 Å². The van der Waals surface area contributed by atoms with Gasteiger partial charge in [0.1, 0.15) is 4.88 Å². The molecule has 0 aliphatic rings. The van der Waals surface area contributed by atoms with Crippen LogP contribution >= 0.6 is 11.3 Å². The summed E-state index contributed by atoms with van der Waals surface area (Å²) in [5.74, 6) is -1.45. The molecule has 156 valence electrons. The smallest absolute Gasteiger partial charge is 0.348 e. The minimum Gasteiger partial charge on any atom is -0.451 e. The summed E-state index contributed by atoms with van der Waals surface area (Å²) in [5.41, 5.74) is 0.877. The molecule has 0 saturated carbocycles. The van der Waals surface area contributed by atoms with Crippen molar-refractivity contribution < 1.29 is 27.5 Å². The molecule has 0 unspecified atom stereocenters. The fourth-order valence-electron chi connectivity index (χ4n) is 2.17. The van der Waals surface area contributed by atoms with E-state index in [0.29, 0.717) is 6.42 Å². The number of carbonyl (C=O) groups excluding carboxylic acids is 3. The lowest BCUT2D eigenvalue weighted by Gasteiger charge is -2.07. The highest BCUT2D eigenvalue weighted by molar-refractivity contribution is 7.88. The van der Waals surface area contributed by atoms with Gasteiger partial charge in [0, 0.05) is 18.0 Å². The van der Waals surface area contributed by atoms with Crippen LogP contribution in [0.4, 0.5) is 4.79 Å². The first-order valence-corrected chi connectivity index (χ1v) is 11.3. The van der Waals surface area contributed by atoms with Crippen LogP contribution in [0.1, 0.15) is 20.1 Å². The molecule has 0 spiro atoms. The lowest BCUT2D eigenvalue weighted by Crippen LogP contribution is -2.41. The average Bonchev–Trinajstić information content (AvgIpc) is 3.13. The molecule has 1 heterocycles. The zero-order chi connectivity index (χ0) is 21.3. The molecule has 0 aliphatic heterocycles. The van der Waals surface area contributed by atoms with Crippen LogP contribution in [0.2, 0.25) is 0 Å². The number of thiophene rings is 1. The number of ether oxygens (including phenoxy) is 1. The van der Waals surface area contributed by atoms with E-state index in [1.807, 2.05) is 30.3 Å². The minimum atomic E-state index is -3.27. The molecule has 0 radical (unpaired) electrons. The van der Waals surface area contributed by atoms with Gasteiger partial charge in [0.2, 0.25) is 10.0 Å². The maximum absolute atomic E-state index is 12.0. The Kier molecular flexibility index (Phi) is 8.31. The van der Waals surface area contributed by atoms with Crippen molar-refractivity contribution in [2.45, 2.75) is 13.0 Å². The lowest BCUT2D eigenvalue weighted by molar-refractivity contribution is -0.123. The molecule has 0 saturated heterocycles. The lowest BCUT2D eigenvalue weighted by atomic mass is 10.2. The van der Waals surface area contributed by atoms with Crippen molar-refractivity contribution in [2.75, 3.05) is 19.4 Å². The van der Waals surface area contributed by atoms with Gasteiger partial charge in [0.25, 0.3) is 5.91 Å². The SMILES string of the molecule is CS(=O)(=O)NCCc1ccc(C(=O)OCC(=O)NC(=O)NCc2ccccc2)s1. The van der Waals surface area contributed by atoms with Crippen molar-refractivity contribution in [3.63, 3.8) is 0 Å². The second-order valence-corrected chi connectivity index (χ2v) is 8.98. The Hall–Kier alpha value is -2.76. The Morgan fingerprint density at radius 2 is 1.79 bits per heavy atom. The molecule has 1 aromatic heterocycles. The Bertz CT molecular complexity index is 957. The molecule has 0 fully saturated rings. The van der Waals surface area contributed by atoms with Crippen molar-refractivity contribution in [1.29, 1.82) is 0 Å². The highest BCUT2D eigenvalue weighted by atomic mass is 32.2. The van der Waals surface area contributed by atoms with Crippen LogP contribution in [0.15, 0.2) is 42.5 Å². The summed E-state index contributed by atoms with van der Waals surface area (Å²) >= 11 is 1.14. The van der Waals surface area contributed by atoms with E-state index in [1.54, 1.807) is 6.07 Å². The molecule has 29 heavy (non-hydrogen) atoms. The van der Waals surface area contributed by atoms with E-state index >= 15 is 0 Å². The van der Waals surface area contributed by atoms with E-state index in [0.717, 1.165) is 28.0 Å². The molecule has 11 heteroatoms. The van der Waals surface area contributed by atoms with E-state index in [-0.39, 0.29) is 18.0 Å². The summed E-state index contributed by atoms with van der Waals surface area (Å²) in [4.78, 5) is 36.5. The van der Waals surface area contributed by atoms with E-state index in [2.05, 4.69) is 15.4 Å². The highest BCUT2D eigenvalue weighted by Crippen LogP contribution is 2.17. The number of nitrogens with one attached hydrogen (secondary N) is 3. The quantitative estimate of drug-likeness (QED) is 0.500. The monoisotopic (exact) mass is 439 g/mol. The van der Waals surface area contributed by atoms with Crippen LogP contribution in [-0.4, -0.2) is 45.7 Å². The first kappa shape index (κ1) is 22.5. The predicted octanol–water partition coefficient (Wildman–Crippen LogP) is 1.02. The number of sulfonamides is 1. The van der Waals surface area contributed by atoms with Crippen molar-refractivity contribution in [2.24, 2.45) is 0 Å². The van der Waals surface area contributed by atoms with Gasteiger partial charge in [-0.05, 0) is 24.1 Å². The molecule has 2 aromatic rings. The molecule has 9 nitrogen and oxygen atoms in total. The summed E-state index contributed by atoms with van der Waals surface area (Å²) < 4.78 is 29.3. The van der Waals surface area contributed by atoms with Gasteiger partial charge in [-0.1, -0.05) is 30.3 Å². The van der Waals surface area contributed by atoms with Crippen LogP contribution in [0, 0.1) is 0 Å². The van der Waals surface area contributed by atoms with Crippen LogP contribution in [0.3, 0.4) is 0 Å². The van der Waals surface area contributed by atoms with Crippen molar-refractivity contribution in [3.8, 4) is 0 Å². The van der Waals surface area contributed by atoms with Gasteiger partial charge in [-0.15, -0.1) is 11.3 Å². The molecular formula is C18H21N3O6S2. The molecule has 3 amide bonds. The Morgan fingerprint density at radius 3 is 2.48 bits per heavy atom. The summed E-state index contributed by atoms with van der Waals surface area (Å²) in [5, 5.41) is 4.60. The Balaban J connectivity index is 1.70. The topological polar surface area (TPSA) is 131 Å². The summed E-state index contributed by atoms with van der Waals surface area (Å²) in [7, 11) is -3.27. The third kappa shape index (κ3) is 8.85. The van der Waals surface area contributed by atoms with E-state index in [9.17, 15) is 22.8 Å². The third-order valence-electron chi connectivity index (χ3n) is 3.48. The minimum absolute atomic E-state index is 0.217. The highest BCUT2D eigenvalue weighted by Gasteiger charge is 2.14. The molecule has 1 aromatic carbocycles. The number of amides is 3.